The number of piperidine rings is 1. The van der Waals surface area contributed by atoms with Gasteiger partial charge in [0.2, 0.25) is 0 Å². The molecular weight excluding hydrogens is 404 g/mol. The third-order valence-electron chi connectivity index (χ3n) is 5.33. The molecule has 1 fully saturated rings. The van der Waals surface area contributed by atoms with E-state index in [-0.39, 0.29) is 5.91 Å². The Morgan fingerprint density at radius 3 is 2.62 bits per heavy atom. The largest absolute Gasteiger partial charge is 0.490 e. The number of hydrogen-bond acceptors (Lipinski definition) is 6. The van der Waals surface area contributed by atoms with Gasteiger partial charge in [-0.05, 0) is 62.6 Å². The Bertz CT molecular complexity index is 1020. The average molecular weight is 433 g/mol. The SMILES string of the molecule is CCOc1cc(C(=O)Nc2ccc(N3CCCCC3)cn2)ccc1OCc1cccnc1. The molecule has 7 heteroatoms. The Hall–Kier alpha value is -3.61. The number of benzene rings is 1. The fourth-order valence-corrected chi connectivity index (χ4v) is 3.67. The van der Waals surface area contributed by atoms with Crippen molar-refractivity contribution in [2.24, 2.45) is 0 Å². The molecule has 4 rings (SSSR count). The zero-order valence-corrected chi connectivity index (χ0v) is 18.3. The average Bonchev–Trinajstić information content (AvgIpc) is 2.85. The number of aromatic nitrogens is 2. The van der Waals surface area contributed by atoms with Gasteiger partial charge in [0.25, 0.3) is 5.91 Å². The monoisotopic (exact) mass is 432 g/mol. The number of ether oxygens (including phenoxy) is 2. The van der Waals surface area contributed by atoms with Gasteiger partial charge in [0.05, 0.1) is 18.5 Å². The van der Waals surface area contributed by atoms with Gasteiger partial charge >= 0.3 is 0 Å². The molecule has 0 saturated carbocycles. The summed E-state index contributed by atoms with van der Waals surface area (Å²) in [7, 11) is 0. The van der Waals surface area contributed by atoms with Gasteiger partial charge in [0.15, 0.2) is 11.5 Å². The van der Waals surface area contributed by atoms with Crippen LogP contribution in [0.2, 0.25) is 0 Å². The molecular formula is C25H28N4O3. The van der Waals surface area contributed by atoms with Crippen LogP contribution in [0.5, 0.6) is 11.5 Å². The molecule has 0 spiro atoms. The number of rotatable bonds is 8. The van der Waals surface area contributed by atoms with Gasteiger partial charge < -0.3 is 19.7 Å². The van der Waals surface area contributed by atoms with Gasteiger partial charge in [-0.15, -0.1) is 0 Å². The lowest BCUT2D eigenvalue weighted by molar-refractivity contribution is 0.102. The van der Waals surface area contributed by atoms with Crippen LogP contribution in [0, 0.1) is 0 Å². The zero-order chi connectivity index (χ0) is 22.2. The smallest absolute Gasteiger partial charge is 0.256 e. The third-order valence-corrected chi connectivity index (χ3v) is 5.33. The van der Waals surface area contributed by atoms with Crippen molar-refractivity contribution in [3.8, 4) is 11.5 Å². The molecule has 166 valence electrons. The minimum absolute atomic E-state index is 0.247. The Balaban J connectivity index is 1.41. The normalized spacial score (nSPS) is 13.5. The molecule has 0 bridgehead atoms. The maximum Gasteiger partial charge on any atom is 0.256 e. The van der Waals surface area contributed by atoms with E-state index in [0.717, 1.165) is 24.3 Å². The lowest BCUT2D eigenvalue weighted by atomic mass is 10.1. The van der Waals surface area contributed by atoms with Crippen LogP contribution in [0.1, 0.15) is 42.1 Å². The van der Waals surface area contributed by atoms with Crippen molar-refractivity contribution in [3.05, 3.63) is 72.2 Å². The van der Waals surface area contributed by atoms with E-state index in [1.54, 1.807) is 30.6 Å². The number of carbonyl (C=O) groups is 1. The van der Waals surface area contributed by atoms with Gasteiger partial charge in [-0.1, -0.05) is 6.07 Å². The fraction of sp³-hybridized carbons (Fsp3) is 0.320. The Kier molecular flexibility index (Phi) is 7.17. The molecule has 0 aliphatic carbocycles. The first-order chi connectivity index (χ1) is 15.7. The second kappa shape index (κ2) is 10.6. The maximum atomic E-state index is 12.8. The van der Waals surface area contributed by atoms with Crippen molar-refractivity contribution in [2.75, 3.05) is 29.9 Å². The van der Waals surface area contributed by atoms with Gasteiger partial charge in [0, 0.05) is 36.6 Å². The van der Waals surface area contributed by atoms with Crippen LogP contribution in [0.3, 0.4) is 0 Å². The van der Waals surface area contributed by atoms with Gasteiger partial charge in [-0.25, -0.2) is 4.98 Å². The first kappa shape index (κ1) is 21.6. The van der Waals surface area contributed by atoms with E-state index >= 15 is 0 Å². The summed E-state index contributed by atoms with van der Waals surface area (Å²) < 4.78 is 11.6. The van der Waals surface area contributed by atoms with Crippen LogP contribution >= 0.6 is 0 Å². The number of amides is 1. The molecule has 0 atom stereocenters. The molecule has 3 aromatic rings. The molecule has 1 amide bonds. The molecule has 2 aromatic heterocycles. The van der Waals surface area contributed by atoms with Crippen LogP contribution in [-0.4, -0.2) is 35.6 Å². The number of hydrogen-bond donors (Lipinski definition) is 1. The highest BCUT2D eigenvalue weighted by molar-refractivity contribution is 6.04. The van der Waals surface area contributed by atoms with Gasteiger partial charge in [-0.3, -0.25) is 9.78 Å². The minimum Gasteiger partial charge on any atom is -0.490 e. The van der Waals surface area contributed by atoms with Crippen LogP contribution in [0.4, 0.5) is 11.5 Å². The van der Waals surface area contributed by atoms with Crippen molar-refractivity contribution >= 4 is 17.4 Å². The number of nitrogens with one attached hydrogen (secondary N) is 1. The summed E-state index contributed by atoms with van der Waals surface area (Å²) in [4.78, 5) is 23.6. The van der Waals surface area contributed by atoms with E-state index in [0.29, 0.717) is 36.1 Å². The molecule has 1 saturated heterocycles. The number of nitrogens with zero attached hydrogens (tertiary/aromatic N) is 3. The summed E-state index contributed by atoms with van der Waals surface area (Å²) >= 11 is 0. The number of anilines is 2. The predicted octanol–water partition coefficient (Wildman–Crippen LogP) is 4.70. The van der Waals surface area contributed by atoms with Crippen molar-refractivity contribution < 1.29 is 14.3 Å². The van der Waals surface area contributed by atoms with Crippen molar-refractivity contribution in [3.63, 3.8) is 0 Å². The molecule has 0 radical (unpaired) electrons. The van der Waals surface area contributed by atoms with Crippen LogP contribution < -0.4 is 19.7 Å². The highest BCUT2D eigenvalue weighted by Gasteiger charge is 2.14. The van der Waals surface area contributed by atoms with Crippen molar-refractivity contribution in [2.45, 2.75) is 32.8 Å². The minimum atomic E-state index is -0.247. The Labute approximate surface area is 188 Å². The van der Waals surface area contributed by atoms with Gasteiger partial charge in [-0.2, -0.15) is 0 Å². The quantitative estimate of drug-likeness (QED) is 0.556. The summed E-state index contributed by atoms with van der Waals surface area (Å²) in [6.07, 6.45) is 9.01. The molecule has 3 heterocycles. The second-order valence-corrected chi connectivity index (χ2v) is 7.65. The maximum absolute atomic E-state index is 12.8. The molecule has 1 N–H and O–H groups in total. The molecule has 1 aliphatic rings. The molecule has 0 unspecified atom stereocenters. The van der Waals surface area contributed by atoms with E-state index in [4.69, 9.17) is 9.47 Å². The fourth-order valence-electron chi connectivity index (χ4n) is 3.67. The Morgan fingerprint density at radius 2 is 1.91 bits per heavy atom. The predicted molar refractivity (Wildman–Crippen MR) is 124 cm³/mol. The summed E-state index contributed by atoms with van der Waals surface area (Å²) in [5.41, 5.74) is 2.52. The van der Waals surface area contributed by atoms with E-state index in [2.05, 4.69) is 20.2 Å². The molecule has 32 heavy (non-hydrogen) atoms. The Morgan fingerprint density at radius 1 is 1.03 bits per heavy atom. The number of carbonyl (C=O) groups excluding carboxylic acids is 1. The first-order valence-corrected chi connectivity index (χ1v) is 11.0. The van der Waals surface area contributed by atoms with E-state index in [1.807, 2.05) is 37.4 Å². The summed E-state index contributed by atoms with van der Waals surface area (Å²) in [5.74, 6) is 1.38. The van der Waals surface area contributed by atoms with Crippen LogP contribution in [-0.2, 0) is 6.61 Å². The van der Waals surface area contributed by atoms with E-state index in [1.165, 1.54) is 19.3 Å². The lowest BCUT2D eigenvalue weighted by Crippen LogP contribution is -2.29. The molecule has 7 nitrogen and oxygen atoms in total. The topological polar surface area (TPSA) is 76.6 Å². The van der Waals surface area contributed by atoms with E-state index < -0.39 is 0 Å². The molecule has 1 aromatic carbocycles. The van der Waals surface area contributed by atoms with Crippen LogP contribution in [0.25, 0.3) is 0 Å². The molecule has 1 aliphatic heterocycles. The zero-order valence-electron chi connectivity index (χ0n) is 18.3. The highest BCUT2D eigenvalue weighted by atomic mass is 16.5. The van der Waals surface area contributed by atoms with Gasteiger partial charge in [0.1, 0.15) is 12.4 Å². The van der Waals surface area contributed by atoms with Crippen LogP contribution in [0.15, 0.2) is 61.1 Å². The highest BCUT2D eigenvalue weighted by Crippen LogP contribution is 2.30. The van der Waals surface area contributed by atoms with Crippen molar-refractivity contribution in [1.29, 1.82) is 0 Å². The van der Waals surface area contributed by atoms with E-state index in [9.17, 15) is 4.79 Å². The summed E-state index contributed by atoms with van der Waals surface area (Å²) in [6.45, 7) is 4.84. The third kappa shape index (κ3) is 5.55. The van der Waals surface area contributed by atoms with Crippen molar-refractivity contribution in [1.82, 2.24) is 9.97 Å². The summed E-state index contributed by atoms with van der Waals surface area (Å²) in [6, 6.07) is 12.8. The first-order valence-electron chi connectivity index (χ1n) is 11.0. The summed E-state index contributed by atoms with van der Waals surface area (Å²) in [5, 5.41) is 2.86. The standard InChI is InChI=1S/C25H28N4O3/c1-2-31-23-15-20(8-10-22(23)32-18-19-7-6-12-26-16-19)25(30)28-24-11-9-21(17-27-24)29-13-4-3-5-14-29/h6-12,15-17H,2-5,13-14,18H2,1H3,(H,27,28,30). The lowest BCUT2D eigenvalue weighted by Gasteiger charge is -2.28. The second-order valence-electron chi connectivity index (χ2n) is 7.65. The number of pyridine rings is 2.